The summed E-state index contributed by atoms with van der Waals surface area (Å²) in [6.45, 7) is 4.75. The van der Waals surface area contributed by atoms with Gasteiger partial charge in [-0.2, -0.15) is 0 Å². The van der Waals surface area contributed by atoms with E-state index in [2.05, 4.69) is 208 Å². The van der Waals surface area contributed by atoms with E-state index in [1.54, 1.807) is 0 Å². The van der Waals surface area contributed by atoms with Crippen molar-refractivity contribution in [1.82, 2.24) is 0 Å². The van der Waals surface area contributed by atoms with Crippen LogP contribution in [0, 0.1) is 0 Å². The third kappa shape index (κ3) is 4.71. The summed E-state index contributed by atoms with van der Waals surface area (Å²) in [5.74, 6) is 0. The van der Waals surface area contributed by atoms with Crippen LogP contribution in [0.25, 0.3) is 98.7 Å². The second-order valence-electron chi connectivity index (χ2n) is 15.6. The molecule has 0 amide bonds. The van der Waals surface area contributed by atoms with Crippen molar-refractivity contribution in [3.05, 3.63) is 205 Å². The van der Waals surface area contributed by atoms with Gasteiger partial charge in [-0.25, -0.2) is 0 Å². The molecule has 0 aliphatic heterocycles. The Bertz CT molecular complexity index is 3100. The van der Waals surface area contributed by atoms with Crippen LogP contribution in [0.3, 0.4) is 0 Å². The molecule has 0 bridgehead atoms. The van der Waals surface area contributed by atoms with Gasteiger partial charge in [0.15, 0.2) is 0 Å². The molecule has 1 aliphatic carbocycles. The first-order chi connectivity index (χ1) is 27.1. The standard InChI is InChI=1S/C55H38/c1-55(2)50-29-14-13-27-48(50)54-43-22-8-6-20-41(43)49(34-51(54)55)36-30-32-37(33-31-36)52-44-23-9-11-25-46(44)53(47-26-12-10-24-45(47)52)42-21-7-5-19-40(42)39-28-15-17-35-16-3-4-18-38(35)39/h3-34H,1-2H3. The third-order valence-corrected chi connectivity index (χ3v) is 12.3. The fourth-order valence-electron chi connectivity index (χ4n) is 9.73. The summed E-state index contributed by atoms with van der Waals surface area (Å²) >= 11 is 0. The van der Waals surface area contributed by atoms with Gasteiger partial charge in [0.05, 0.1) is 0 Å². The molecule has 55 heavy (non-hydrogen) atoms. The molecule has 0 saturated heterocycles. The van der Waals surface area contributed by atoms with Crippen molar-refractivity contribution in [3.63, 3.8) is 0 Å². The van der Waals surface area contributed by atoms with Crippen LogP contribution in [0.15, 0.2) is 194 Å². The predicted octanol–water partition coefficient (Wildman–Crippen LogP) is 15.3. The van der Waals surface area contributed by atoms with Gasteiger partial charge in [0, 0.05) is 5.41 Å². The van der Waals surface area contributed by atoms with E-state index in [0.717, 1.165) is 0 Å². The molecule has 258 valence electrons. The molecule has 0 heterocycles. The van der Waals surface area contributed by atoms with E-state index < -0.39 is 0 Å². The highest BCUT2D eigenvalue weighted by Gasteiger charge is 2.37. The van der Waals surface area contributed by atoms with E-state index in [9.17, 15) is 0 Å². The fourth-order valence-corrected chi connectivity index (χ4v) is 9.73. The molecular weight excluding hydrogens is 661 g/mol. The zero-order valence-corrected chi connectivity index (χ0v) is 31.0. The average molecular weight is 699 g/mol. The minimum Gasteiger partial charge on any atom is -0.0619 e. The summed E-state index contributed by atoms with van der Waals surface area (Å²) in [5, 5.41) is 10.2. The summed E-state index contributed by atoms with van der Waals surface area (Å²) in [5.41, 5.74) is 15.6. The molecule has 10 aromatic rings. The van der Waals surface area contributed by atoms with E-state index in [1.165, 1.54) is 110 Å². The lowest BCUT2D eigenvalue weighted by Gasteiger charge is -2.23. The molecule has 0 saturated carbocycles. The monoisotopic (exact) mass is 698 g/mol. The Labute approximate surface area is 322 Å². The van der Waals surface area contributed by atoms with Gasteiger partial charge in [-0.05, 0) is 116 Å². The first-order valence-corrected chi connectivity index (χ1v) is 19.4. The number of hydrogen-bond acceptors (Lipinski definition) is 0. The molecular formula is C55H38. The van der Waals surface area contributed by atoms with Crippen LogP contribution in [-0.4, -0.2) is 0 Å². The van der Waals surface area contributed by atoms with Crippen LogP contribution >= 0.6 is 0 Å². The largest absolute Gasteiger partial charge is 0.0619 e. The molecule has 0 heteroatoms. The quantitative estimate of drug-likeness (QED) is 0.161. The zero-order chi connectivity index (χ0) is 36.7. The molecule has 0 atom stereocenters. The number of hydrogen-bond donors (Lipinski definition) is 0. The lowest BCUT2D eigenvalue weighted by molar-refractivity contribution is 0.661. The van der Waals surface area contributed by atoms with Crippen molar-refractivity contribution in [3.8, 4) is 55.6 Å². The van der Waals surface area contributed by atoms with Crippen LogP contribution in [0.4, 0.5) is 0 Å². The Hall–Kier alpha value is -6.76. The molecule has 0 N–H and O–H groups in total. The molecule has 0 aromatic heterocycles. The molecule has 0 unspecified atom stereocenters. The van der Waals surface area contributed by atoms with Crippen molar-refractivity contribution >= 4 is 43.1 Å². The second kappa shape index (κ2) is 12.1. The average Bonchev–Trinajstić information content (AvgIpc) is 3.48. The summed E-state index contributed by atoms with van der Waals surface area (Å²) in [6.07, 6.45) is 0. The van der Waals surface area contributed by atoms with Crippen molar-refractivity contribution in [2.24, 2.45) is 0 Å². The maximum Gasteiger partial charge on any atom is 0.0159 e. The van der Waals surface area contributed by atoms with Crippen molar-refractivity contribution < 1.29 is 0 Å². The van der Waals surface area contributed by atoms with E-state index >= 15 is 0 Å². The van der Waals surface area contributed by atoms with E-state index in [1.807, 2.05) is 0 Å². The van der Waals surface area contributed by atoms with Gasteiger partial charge < -0.3 is 0 Å². The molecule has 10 aromatic carbocycles. The molecule has 0 radical (unpaired) electrons. The van der Waals surface area contributed by atoms with Gasteiger partial charge in [-0.15, -0.1) is 0 Å². The van der Waals surface area contributed by atoms with Crippen LogP contribution in [0.2, 0.25) is 0 Å². The lowest BCUT2D eigenvalue weighted by Crippen LogP contribution is -2.15. The molecule has 11 rings (SSSR count). The lowest BCUT2D eigenvalue weighted by atomic mass is 9.80. The minimum absolute atomic E-state index is 0.0730. The Morgan fingerprint density at radius 2 is 0.727 bits per heavy atom. The predicted molar refractivity (Wildman–Crippen MR) is 236 cm³/mol. The summed E-state index contributed by atoms with van der Waals surface area (Å²) in [7, 11) is 0. The fraction of sp³-hybridized carbons (Fsp3) is 0.0545. The van der Waals surface area contributed by atoms with E-state index in [-0.39, 0.29) is 5.41 Å². The van der Waals surface area contributed by atoms with Crippen molar-refractivity contribution in [2.45, 2.75) is 19.3 Å². The topological polar surface area (TPSA) is 0 Å². The molecule has 0 nitrogen and oxygen atoms in total. The second-order valence-corrected chi connectivity index (χ2v) is 15.6. The Kier molecular flexibility index (Phi) is 7.00. The SMILES string of the molecule is CC1(C)c2ccccc2-c2c1cc(-c1ccc(-c3c4ccccc4c(-c4ccccc4-c4cccc5ccccc45)c4ccccc34)cc1)c1ccccc21. The van der Waals surface area contributed by atoms with Crippen LogP contribution in [-0.2, 0) is 5.41 Å². The van der Waals surface area contributed by atoms with Crippen molar-refractivity contribution in [1.29, 1.82) is 0 Å². The third-order valence-electron chi connectivity index (χ3n) is 12.3. The molecule has 0 fully saturated rings. The van der Waals surface area contributed by atoms with Gasteiger partial charge in [-0.1, -0.05) is 202 Å². The summed E-state index contributed by atoms with van der Waals surface area (Å²) in [6, 6.07) is 72.1. The van der Waals surface area contributed by atoms with Crippen LogP contribution < -0.4 is 0 Å². The Balaban J connectivity index is 1.11. The molecule has 1 aliphatic rings. The Morgan fingerprint density at radius 3 is 1.40 bits per heavy atom. The van der Waals surface area contributed by atoms with Gasteiger partial charge in [0.1, 0.15) is 0 Å². The molecule has 0 spiro atoms. The minimum atomic E-state index is -0.0730. The van der Waals surface area contributed by atoms with Crippen molar-refractivity contribution in [2.75, 3.05) is 0 Å². The Morgan fingerprint density at radius 1 is 0.273 bits per heavy atom. The maximum absolute atomic E-state index is 2.47. The van der Waals surface area contributed by atoms with Gasteiger partial charge in [0.25, 0.3) is 0 Å². The summed E-state index contributed by atoms with van der Waals surface area (Å²) in [4.78, 5) is 0. The highest BCUT2D eigenvalue weighted by molar-refractivity contribution is 6.23. The smallest absolute Gasteiger partial charge is 0.0159 e. The van der Waals surface area contributed by atoms with Gasteiger partial charge in [-0.3, -0.25) is 0 Å². The van der Waals surface area contributed by atoms with Crippen LogP contribution in [0.5, 0.6) is 0 Å². The van der Waals surface area contributed by atoms with E-state index in [0.29, 0.717) is 0 Å². The van der Waals surface area contributed by atoms with E-state index in [4.69, 9.17) is 0 Å². The zero-order valence-electron chi connectivity index (χ0n) is 31.0. The summed E-state index contributed by atoms with van der Waals surface area (Å²) < 4.78 is 0. The van der Waals surface area contributed by atoms with Crippen LogP contribution in [0.1, 0.15) is 25.0 Å². The number of rotatable bonds is 4. The van der Waals surface area contributed by atoms with Gasteiger partial charge >= 0.3 is 0 Å². The first kappa shape index (κ1) is 31.7. The first-order valence-electron chi connectivity index (χ1n) is 19.4. The number of fused-ring (bicyclic) bond motifs is 8. The van der Waals surface area contributed by atoms with Gasteiger partial charge in [0.2, 0.25) is 0 Å². The maximum atomic E-state index is 2.47. The number of benzene rings is 10. The highest BCUT2D eigenvalue weighted by atomic mass is 14.4. The normalized spacial score (nSPS) is 13.1. The highest BCUT2D eigenvalue weighted by Crippen LogP contribution is 2.53.